The maximum Gasteiger partial charge on any atom is 0.245 e. The van der Waals surface area contributed by atoms with Crippen LogP contribution in [0.4, 0.5) is 17.6 Å². The van der Waals surface area contributed by atoms with Gasteiger partial charge in [-0.3, -0.25) is 0 Å². The van der Waals surface area contributed by atoms with Crippen molar-refractivity contribution in [3.8, 4) is 17.2 Å². The van der Waals surface area contributed by atoms with E-state index in [0.29, 0.717) is 29.1 Å². The molecule has 0 radical (unpaired) electrons. The Hall–Kier alpha value is -3.79. The molecule has 0 spiro atoms. The molecular formula is C22H25N7O3. The van der Waals surface area contributed by atoms with E-state index in [1.54, 1.807) is 25.1 Å². The number of fused-ring (bicyclic) bond motifs is 1. The van der Waals surface area contributed by atoms with Crippen LogP contribution in [0.3, 0.4) is 0 Å². The third kappa shape index (κ3) is 3.69. The molecule has 1 aliphatic heterocycles. The van der Waals surface area contributed by atoms with Gasteiger partial charge in [0.1, 0.15) is 29.2 Å². The van der Waals surface area contributed by atoms with Crippen LogP contribution < -0.4 is 19.7 Å². The maximum atomic E-state index is 9.71. The summed E-state index contributed by atoms with van der Waals surface area (Å²) in [6.45, 7) is 0.911. The standard InChI is InChI=1S/C22H25N7O3/c1-31-17-9-16(10-18(11-17)32-2)27-12-20(23-14-27)24-21-19-6-4-8-29(19)26-22(25-21)28-7-3-5-15(28)13-30/h4,6,8-12,14-15,30H,3,5,7,13H2,1-2H3,(H,24,25,26). The van der Waals surface area contributed by atoms with Gasteiger partial charge in [0.2, 0.25) is 5.95 Å². The van der Waals surface area contributed by atoms with Crippen molar-refractivity contribution in [3.05, 3.63) is 49.1 Å². The number of imidazole rings is 1. The molecule has 2 N–H and O–H groups in total. The quantitative estimate of drug-likeness (QED) is 0.457. The molecule has 1 aliphatic rings. The molecule has 0 aliphatic carbocycles. The molecule has 1 unspecified atom stereocenters. The van der Waals surface area contributed by atoms with Crippen LogP contribution in [0, 0.1) is 0 Å². The molecular weight excluding hydrogens is 410 g/mol. The Morgan fingerprint density at radius 2 is 2.00 bits per heavy atom. The fourth-order valence-electron chi connectivity index (χ4n) is 4.02. The molecule has 166 valence electrons. The number of rotatable bonds is 7. The second-order valence-corrected chi connectivity index (χ2v) is 7.63. The lowest BCUT2D eigenvalue weighted by Crippen LogP contribution is -2.34. The van der Waals surface area contributed by atoms with Crippen molar-refractivity contribution in [2.75, 3.05) is 37.6 Å². The number of aliphatic hydroxyl groups is 1. The van der Waals surface area contributed by atoms with Crippen LogP contribution in [-0.4, -0.2) is 62.7 Å². The van der Waals surface area contributed by atoms with Gasteiger partial charge in [-0.05, 0) is 25.0 Å². The number of methoxy groups -OCH3 is 2. The summed E-state index contributed by atoms with van der Waals surface area (Å²) >= 11 is 0. The van der Waals surface area contributed by atoms with Gasteiger partial charge in [-0.25, -0.2) is 9.50 Å². The minimum absolute atomic E-state index is 0.0399. The van der Waals surface area contributed by atoms with E-state index in [4.69, 9.17) is 14.5 Å². The highest BCUT2D eigenvalue weighted by molar-refractivity contribution is 5.73. The Labute approximate surface area is 185 Å². The topological polar surface area (TPSA) is 102 Å². The molecule has 1 atom stereocenters. The third-order valence-electron chi connectivity index (χ3n) is 5.69. The second-order valence-electron chi connectivity index (χ2n) is 7.63. The average Bonchev–Trinajstić information content (AvgIpc) is 3.58. The van der Waals surface area contributed by atoms with Gasteiger partial charge in [-0.2, -0.15) is 4.98 Å². The minimum atomic E-state index is 0.0399. The minimum Gasteiger partial charge on any atom is -0.497 e. The van der Waals surface area contributed by atoms with Crippen LogP contribution in [0.2, 0.25) is 0 Å². The lowest BCUT2D eigenvalue weighted by atomic mass is 10.2. The van der Waals surface area contributed by atoms with Gasteiger partial charge in [-0.15, -0.1) is 5.10 Å². The zero-order chi connectivity index (χ0) is 22.1. The van der Waals surface area contributed by atoms with Crippen LogP contribution in [0.15, 0.2) is 49.1 Å². The van der Waals surface area contributed by atoms with E-state index in [9.17, 15) is 5.11 Å². The van der Waals surface area contributed by atoms with Gasteiger partial charge in [0.25, 0.3) is 0 Å². The lowest BCUT2D eigenvalue weighted by molar-refractivity contribution is 0.265. The summed E-state index contributed by atoms with van der Waals surface area (Å²) in [6, 6.07) is 9.55. The molecule has 1 saturated heterocycles. The normalized spacial score (nSPS) is 16.0. The molecule has 0 bridgehead atoms. The van der Waals surface area contributed by atoms with Crippen molar-refractivity contribution in [2.45, 2.75) is 18.9 Å². The average molecular weight is 435 g/mol. The van der Waals surface area contributed by atoms with Gasteiger partial charge >= 0.3 is 0 Å². The van der Waals surface area contributed by atoms with E-state index < -0.39 is 0 Å². The number of aromatic nitrogens is 5. The van der Waals surface area contributed by atoms with E-state index in [1.165, 1.54) is 0 Å². The predicted molar refractivity (Wildman–Crippen MR) is 120 cm³/mol. The number of ether oxygens (including phenoxy) is 2. The largest absolute Gasteiger partial charge is 0.497 e. The number of hydrogen-bond donors (Lipinski definition) is 2. The van der Waals surface area contributed by atoms with E-state index >= 15 is 0 Å². The van der Waals surface area contributed by atoms with Crippen LogP contribution >= 0.6 is 0 Å². The number of nitrogens with zero attached hydrogens (tertiary/aromatic N) is 6. The Balaban J connectivity index is 1.47. The summed E-state index contributed by atoms with van der Waals surface area (Å²) < 4.78 is 14.4. The predicted octanol–water partition coefficient (Wildman–Crippen LogP) is 2.64. The highest BCUT2D eigenvalue weighted by atomic mass is 16.5. The van der Waals surface area contributed by atoms with Crippen molar-refractivity contribution in [1.82, 2.24) is 24.1 Å². The molecule has 32 heavy (non-hydrogen) atoms. The molecule has 1 fully saturated rings. The molecule has 3 aromatic heterocycles. The van der Waals surface area contributed by atoms with Crippen LogP contribution in [0.1, 0.15) is 12.8 Å². The van der Waals surface area contributed by atoms with E-state index in [2.05, 4.69) is 20.3 Å². The van der Waals surface area contributed by atoms with Crippen molar-refractivity contribution < 1.29 is 14.6 Å². The second kappa shape index (κ2) is 8.39. The first kappa shape index (κ1) is 20.1. The summed E-state index contributed by atoms with van der Waals surface area (Å²) in [4.78, 5) is 11.3. The van der Waals surface area contributed by atoms with E-state index in [-0.39, 0.29) is 12.6 Å². The van der Waals surface area contributed by atoms with Gasteiger partial charge in [-0.1, -0.05) is 0 Å². The first-order valence-corrected chi connectivity index (χ1v) is 10.5. The van der Waals surface area contributed by atoms with E-state index in [1.807, 2.05) is 47.3 Å². The fraction of sp³-hybridized carbons (Fsp3) is 0.318. The van der Waals surface area contributed by atoms with Gasteiger partial charge in [0.05, 0.1) is 38.8 Å². The number of benzene rings is 1. The number of anilines is 3. The Bertz CT molecular complexity index is 1210. The monoisotopic (exact) mass is 435 g/mol. The molecule has 5 rings (SSSR count). The molecule has 0 saturated carbocycles. The lowest BCUT2D eigenvalue weighted by Gasteiger charge is -2.23. The summed E-state index contributed by atoms with van der Waals surface area (Å²) in [5, 5.41) is 17.7. The first-order valence-electron chi connectivity index (χ1n) is 10.5. The van der Waals surface area contributed by atoms with Crippen molar-refractivity contribution >= 4 is 23.1 Å². The summed E-state index contributed by atoms with van der Waals surface area (Å²) in [5.41, 5.74) is 1.70. The first-order chi connectivity index (χ1) is 15.7. The summed E-state index contributed by atoms with van der Waals surface area (Å²) in [7, 11) is 3.24. The third-order valence-corrected chi connectivity index (χ3v) is 5.69. The maximum absolute atomic E-state index is 9.71. The molecule has 0 amide bonds. The number of hydrogen-bond acceptors (Lipinski definition) is 8. The molecule has 10 nitrogen and oxygen atoms in total. The SMILES string of the molecule is COc1cc(OC)cc(-n2cnc(Nc3nc(N4CCCC4CO)nn4cccc34)c2)c1. The summed E-state index contributed by atoms with van der Waals surface area (Å²) in [6.07, 6.45) is 7.42. The number of aliphatic hydroxyl groups excluding tert-OH is 1. The van der Waals surface area contributed by atoms with Gasteiger partial charge in [0, 0.05) is 30.9 Å². The van der Waals surface area contributed by atoms with Crippen molar-refractivity contribution in [1.29, 1.82) is 0 Å². The Kier molecular flexibility index (Phi) is 5.28. The fourth-order valence-corrected chi connectivity index (χ4v) is 4.02. The van der Waals surface area contributed by atoms with Gasteiger partial charge in [0.15, 0.2) is 5.82 Å². The molecule has 10 heteroatoms. The van der Waals surface area contributed by atoms with Crippen molar-refractivity contribution in [2.24, 2.45) is 0 Å². The van der Waals surface area contributed by atoms with Crippen LogP contribution in [0.25, 0.3) is 11.2 Å². The van der Waals surface area contributed by atoms with Crippen LogP contribution in [0.5, 0.6) is 11.5 Å². The van der Waals surface area contributed by atoms with Crippen LogP contribution in [-0.2, 0) is 0 Å². The number of nitrogens with one attached hydrogen (secondary N) is 1. The van der Waals surface area contributed by atoms with Gasteiger partial charge < -0.3 is 29.4 Å². The molecule has 1 aromatic carbocycles. The van der Waals surface area contributed by atoms with Crippen molar-refractivity contribution in [3.63, 3.8) is 0 Å². The van der Waals surface area contributed by atoms with E-state index in [0.717, 1.165) is 30.6 Å². The summed E-state index contributed by atoms with van der Waals surface area (Å²) in [5.74, 6) is 3.27. The molecule has 4 heterocycles. The zero-order valence-corrected chi connectivity index (χ0v) is 18.0. The Morgan fingerprint density at radius 3 is 2.75 bits per heavy atom. The molecule has 4 aromatic rings. The zero-order valence-electron chi connectivity index (χ0n) is 18.0. The highest BCUT2D eigenvalue weighted by Gasteiger charge is 2.27. The highest BCUT2D eigenvalue weighted by Crippen LogP contribution is 2.28. The Morgan fingerprint density at radius 1 is 1.19 bits per heavy atom. The smallest absolute Gasteiger partial charge is 0.245 e.